The lowest BCUT2D eigenvalue weighted by Gasteiger charge is -2.23. The first-order valence-electron chi connectivity index (χ1n) is 7.02. The van der Waals surface area contributed by atoms with Gasteiger partial charge in [-0.1, -0.05) is 37.3 Å². The van der Waals surface area contributed by atoms with Crippen molar-refractivity contribution in [2.75, 3.05) is 13.7 Å². The second-order valence-corrected chi connectivity index (χ2v) is 5.71. The minimum Gasteiger partial charge on any atom is -0.492 e. The Morgan fingerprint density at radius 2 is 2.00 bits per heavy atom. The van der Waals surface area contributed by atoms with Crippen LogP contribution in [-0.4, -0.2) is 19.7 Å². The third-order valence-electron chi connectivity index (χ3n) is 4.03. The van der Waals surface area contributed by atoms with Crippen molar-refractivity contribution < 1.29 is 14.3 Å². The van der Waals surface area contributed by atoms with E-state index in [1.54, 1.807) is 6.07 Å². The summed E-state index contributed by atoms with van der Waals surface area (Å²) in [4.78, 5) is 11.7. The van der Waals surface area contributed by atoms with Crippen molar-refractivity contribution in [2.24, 2.45) is 0 Å². The second kappa shape index (κ2) is 5.24. The molecule has 2 aromatic carbocycles. The quantitative estimate of drug-likeness (QED) is 0.810. The molecule has 1 atom stereocenters. The maximum absolute atomic E-state index is 11.7. The summed E-state index contributed by atoms with van der Waals surface area (Å²) in [6, 6.07) is 15.8. The Morgan fingerprint density at radius 3 is 2.71 bits per heavy atom. The standard InChI is InChI=1S/C18H18O3/c1-18(11-13-6-4-3-5-7-13)12-21-16-9-8-14(10-15(16)18)17(19)20-2/h3-10H,11-12H2,1-2H3. The molecule has 1 aliphatic heterocycles. The van der Waals surface area contributed by atoms with Crippen LogP contribution < -0.4 is 4.74 Å². The summed E-state index contributed by atoms with van der Waals surface area (Å²) in [5, 5.41) is 0. The third-order valence-corrected chi connectivity index (χ3v) is 4.03. The van der Waals surface area contributed by atoms with E-state index >= 15 is 0 Å². The zero-order valence-electron chi connectivity index (χ0n) is 12.3. The molecule has 0 saturated carbocycles. The van der Waals surface area contributed by atoms with E-state index in [9.17, 15) is 4.79 Å². The van der Waals surface area contributed by atoms with Crippen LogP contribution in [0.25, 0.3) is 0 Å². The van der Waals surface area contributed by atoms with E-state index in [4.69, 9.17) is 9.47 Å². The number of hydrogen-bond donors (Lipinski definition) is 0. The number of hydrogen-bond acceptors (Lipinski definition) is 3. The minimum atomic E-state index is -0.313. The number of esters is 1. The summed E-state index contributed by atoms with van der Waals surface area (Å²) in [6.07, 6.45) is 0.880. The van der Waals surface area contributed by atoms with Gasteiger partial charge in [0.2, 0.25) is 0 Å². The number of benzene rings is 2. The zero-order chi connectivity index (χ0) is 14.9. The molecule has 21 heavy (non-hydrogen) atoms. The maximum Gasteiger partial charge on any atom is 0.337 e. The fourth-order valence-electron chi connectivity index (χ4n) is 2.88. The molecule has 1 aliphatic rings. The highest BCUT2D eigenvalue weighted by atomic mass is 16.5. The Morgan fingerprint density at radius 1 is 1.24 bits per heavy atom. The van der Waals surface area contributed by atoms with Crippen molar-refractivity contribution in [3.63, 3.8) is 0 Å². The molecule has 3 rings (SSSR count). The number of ether oxygens (including phenoxy) is 2. The minimum absolute atomic E-state index is 0.124. The Bertz CT molecular complexity index is 663. The molecule has 0 saturated heterocycles. The first kappa shape index (κ1) is 13.7. The van der Waals surface area contributed by atoms with Gasteiger partial charge in [0.25, 0.3) is 0 Å². The Labute approximate surface area is 124 Å². The number of carbonyl (C=O) groups excluding carboxylic acids is 1. The van der Waals surface area contributed by atoms with Crippen LogP contribution in [0.5, 0.6) is 5.75 Å². The highest BCUT2D eigenvalue weighted by Gasteiger charge is 2.37. The van der Waals surface area contributed by atoms with Crippen LogP contribution in [0.3, 0.4) is 0 Å². The van der Waals surface area contributed by atoms with Crippen molar-refractivity contribution in [3.05, 3.63) is 65.2 Å². The summed E-state index contributed by atoms with van der Waals surface area (Å²) in [6.45, 7) is 2.80. The first-order chi connectivity index (χ1) is 10.1. The van der Waals surface area contributed by atoms with Crippen molar-refractivity contribution >= 4 is 5.97 Å². The van der Waals surface area contributed by atoms with Crippen LogP contribution >= 0.6 is 0 Å². The molecule has 108 valence electrons. The highest BCUT2D eigenvalue weighted by molar-refractivity contribution is 5.90. The van der Waals surface area contributed by atoms with Gasteiger partial charge in [-0.15, -0.1) is 0 Å². The molecule has 0 fully saturated rings. The van der Waals surface area contributed by atoms with Gasteiger partial charge in [-0.2, -0.15) is 0 Å². The van der Waals surface area contributed by atoms with Crippen LogP contribution in [0, 0.1) is 0 Å². The molecule has 3 heteroatoms. The Hall–Kier alpha value is -2.29. The van der Waals surface area contributed by atoms with Gasteiger partial charge in [0.1, 0.15) is 5.75 Å². The van der Waals surface area contributed by atoms with Gasteiger partial charge in [-0.25, -0.2) is 4.79 Å². The normalized spacial score (nSPS) is 19.7. The van der Waals surface area contributed by atoms with Gasteiger partial charge in [-0.05, 0) is 30.2 Å². The van der Waals surface area contributed by atoms with E-state index in [2.05, 4.69) is 19.1 Å². The number of fused-ring (bicyclic) bond motifs is 1. The smallest absolute Gasteiger partial charge is 0.337 e. The van der Waals surface area contributed by atoms with Crippen LogP contribution in [0.2, 0.25) is 0 Å². The number of rotatable bonds is 3. The number of methoxy groups -OCH3 is 1. The summed E-state index contributed by atoms with van der Waals surface area (Å²) < 4.78 is 10.6. The molecule has 1 unspecified atom stereocenters. The van der Waals surface area contributed by atoms with Crippen molar-refractivity contribution in [1.82, 2.24) is 0 Å². The van der Waals surface area contributed by atoms with E-state index in [1.807, 2.05) is 30.3 Å². The molecule has 0 aromatic heterocycles. The van der Waals surface area contributed by atoms with E-state index in [0.717, 1.165) is 17.7 Å². The molecule has 0 bridgehead atoms. The molecule has 0 amide bonds. The average Bonchev–Trinajstić information content (AvgIpc) is 2.84. The molecule has 3 nitrogen and oxygen atoms in total. The zero-order valence-corrected chi connectivity index (χ0v) is 12.3. The van der Waals surface area contributed by atoms with Crippen LogP contribution in [0.1, 0.15) is 28.4 Å². The SMILES string of the molecule is COC(=O)c1ccc2c(c1)C(C)(Cc1ccccc1)CO2. The van der Waals surface area contributed by atoms with Gasteiger partial charge in [-0.3, -0.25) is 0 Å². The van der Waals surface area contributed by atoms with Crippen molar-refractivity contribution in [1.29, 1.82) is 0 Å². The lowest BCUT2D eigenvalue weighted by atomic mass is 9.78. The van der Waals surface area contributed by atoms with E-state index in [0.29, 0.717) is 12.2 Å². The Balaban J connectivity index is 1.96. The van der Waals surface area contributed by atoms with Crippen LogP contribution in [-0.2, 0) is 16.6 Å². The van der Waals surface area contributed by atoms with Crippen LogP contribution in [0.15, 0.2) is 48.5 Å². The molecule has 2 aromatic rings. The second-order valence-electron chi connectivity index (χ2n) is 5.71. The fourth-order valence-corrected chi connectivity index (χ4v) is 2.88. The molecule has 0 spiro atoms. The van der Waals surface area contributed by atoms with E-state index in [-0.39, 0.29) is 11.4 Å². The molecular formula is C18H18O3. The highest BCUT2D eigenvalue weighted by Crippen LogP contribution is 2.41. The van der Waals surface area contributed by atoms with Gasteiger partial charge in [0, 0.05) is 11.0 Å². The van der Waals surface area contributed by atoms with Gasteiger partial charge < -0.3 is 9.47 Å². The lowest BCUT2D eigenvalue weighted by molar-refractivity contribution is 0.0600. The van der Waals surface area contributed by atoms with E-state index in [1.165, 1.54) is 12.7 Å². The molecule has 0 aliphatic carbocycles. The van der Waals surface area contributed by atoms with Crippen molar-refractivity contribution in [2.45, 2.75) is 18.8 Å². The summed E-state index contributed by atoms with van der Waals surface area (Å²) in [7, 11) is 1.40. The average molecular weight is 282 g/mol. The maximum atomic E-state index is 11.7. The lowest BCUT2D eigenvalue weighted by Crippen LogP contribution is -2.27. The summed E-state index contributed by atoms with van der Waals surface area (Å²) in [5.41, 5.74) is 2.79. The van der Waals surface area contributed by atoms with Gasteiger partial charge in [0.15, 0.2) is 0 Å². The topological polar surface area (TPSA) is 35.5 Å². The predicted molar refractivity (Wildman–Crippen MR) is 80.8 cm³/mol. The first-order valence-corrected chi connectivity index (χ1v) is 7.02. The van der Waals surface area contributed by atoms with Gasteiger partial charge >= 0.3 is 5.97 Å². The fraction of sp³-hybridized carbons (Fsp3) is 0.278. The summed E-state index contributed by atoms with van der Waals surface area (Å²) >= 11 is 0. The third kappa shape index (κ3) is 2.51. The van der Waals surface area contributed by atoms with Crippen molar-refractivity contribution in [3.8, 4) is 5.75 Å². The molecule has 1 heterocycles. The largest absolute Gasteiger partial charge is 0.492 e. The van der Waals surface area contributed by atoms with Crippen LogP contribution in [0.4, 0.5) is 0 Å². The molecule has 0 radical (unpaired) electrons. The van der Waals surface area contributed by atoms with Gasteiger partial charge in [0.05, 0.1) is 19.3 Å². The Kier molecular flexibility index (Phi) is 3.42. The molecular weight excluding hydrogens is 264 g/mol. The monoisotopic (exact) mass is 282 g/mol. The van der Waals surface area contributed by atoms with E-state index < -0.39 is 0 Å². The number of carbonyl (C=O) groups is 1. The molecule has 0 N–H and O–H groups in total. The predicted octanol–water partition coefficient (Wildman–Crippen LogP) is 3.37. The summed E-state index contributed by atoms with van der Waals surface area (Å²) in [5.74, 6) is 0.549.